The monoisotopic (exact) mass is 291 g/mol. The Kier molecular flexibility index (Phi) is 4.50. The molecule has 5 heteroatoms. The first-order chi connectivity index (χ1) is 9.88. The molecule has 0 aliphatic heterocycles. The van der Waals surface area contributed by atoms with Gasteiger partial charge in [-0.1, -0.05) is 12.1 Å². The predicted molar refractivity (Wildman–Crippen MR) is 78.0 cm³/mol. The van der Waals surface area contributed by atoms with Crippen molar-refractivity contribution in [3.63, 3.8) is 0 Å². The van der Waals surface area contributed by atoms with Gasteiger partial charge in [0, 0.05) is 0 Å². The van der Waals surface area contributed by atoms with Crippen LogP contribution >= 0.6 is 0 Å². The van der Waals surface area contributed by atoms with Crippen molar-refractivity contribution in [1.29, 1.82) is 0 Å². The summed E-state index contributed by atoms with van der Waals surface area (Å²) in [5.74, 6) is -1.23. The third-order valence-electron chi connectivity index (χ3n) is 3.53. The summed E-state index contributed by atoms with van der Waals surface area (Å²) in [6, 6.07) is 7.39. The zero-order valence-corrected chi connectivity index (χ0v) is 12.5. The van der Waals surface area contributed by atoms with Gasteiger partial charge in [0.2, 0.25) is 5.91 Å². The number of rotatable bonds is 6. The highest BCUT2D eigenvalue weighted by Gasteiger charge is 2.48. The van der Waals surface area contributed by atoms with Gasteiger partial charge in [-0.3, -0.25) is 9.59 Å². The molecule has 21 heavy (non-hydrogen) atoms. The van der Waals surface area contributed by atoms with E-state index in [2.05, 4.69) is 5.32 Å². The lowest BCUT2D eigenvalue weighted by Gasteiger charge is -2.16. The fourth-order valence-corrected chi connectivity index (χ4v) is 2.29. The third kappa shape index (κ3) is 3.97. The molecule has 0 aromatic heterocycles. The lowest BCUT2D eigenvalue weighted by molar-refractivity contribution is -0.140. The Labute approximate surface area is 124 Å². The van der Waals surface area contributed by atoms with Crippen molar-refractivity contribution in [3.8, 4) is 5.75 Å². The number of aliphatic carboxylic acids is 1. The number of carboxylic acid groups (broad SMARTS) is 1. The quantitative estimate of drug-likeness (QED) is 0.843. The maximum absolute atomic E-state index is 12.0. The van der Waals surface area contributed by atoms with Gasteiger partial charge in [-0.25, -0.2) is 0 Å². The van der Waals surface area contributed by atoms with E-state index in [0.29, 0.717) is 6.42 Å². The van der Waals surface area contributed by atoms with Crippen LogP contribution in [0.2, 0.25) is 0 Å². The number of amides is 1. The van der Waals surface area contributed by atoms with Crippen LogP contribution < -0.4 is 10.1 Å². The van der Waals surface area contributed by atoms with Gasteiger partial charge in [-0.2, -0.15) is 0 Å². The van der Waals surface area contributed by atoms with Crippen molar-refractivity contribution in [2.45, 2.75) is 39.3 Å². The zero-order chi connectivity index (χ0) is 15.6. The number of ether oxygens (including phenoxy) is 1. The maximum atomic E-state index is 12.0. The Morgan fingerprint density at radius 1 is 1.29 bits per heavy atom. The Balaban J connectivity index is 1.95. The predicted octanol–water partition coefficient (Wildman–Crippen LogP) is 2.37. The number of hydrogen-bond acceptors (Lipinski definition) is 3. The minimum Gasteiger partial charge on any atom is -0.491 e. The molecular formula is C16H21NO4. The number of carboxylic acids is 1. The molecule has 3 atom stereocenters. The van der Waals surface area contributed by atoms with E-state index in [-0.39, 0.29) is 24.0 Å². The normalized spacial score (nSPS) is 21.7. The average Bonchev–Trinajstić information content (AvgIpc) is 3.18. The Morgan fingerprint density at radius 3 is 2.57 bits per heavy atom. The molecule has 0 saturated heterocycles. The Bertz CT molecular complexity index is 541. The lowest BCUT2D eigenvalue weighted by Crippen LogP contribution is -2.29. The molecule has 0 heterocycles. The van der Waals surface area contributed by atoms with Crippen LogP contribution in [0, 0.1) is 11.8 Å². The molecule has 0 unspecified atom stereocenters. The first-order valence-electron chi connectivity index (χ1n) is 7.18. The summed E-state index contributed by atoms with van der Waals surface area (Å²) in [5, 5.41) is 11.7. The van der Waals surface area contributed by atoms with Crippen molar-refractivity contribution in [2.24, 2.45) is 11.8 Å². The van der Waals surface area contributed by atoms with Crippen molar-refractivity contribution >= 4 is 11.9 Å². The van der Waals surface area contributed by atoms with Gasteiger partial charge in [0.1, 0.15) is 5.75 Å². The molecule has 0 spiro atoms. The Morgan fingerprint density at radius 2 is 2.00 bits per heavy atom. The molecule has 114 valence electrons. The SMILES string of the molecule is CC(C)Oc1cccc([C@H](C)NC(=O)[C@@H]2C[C@@H]2C(=O)O)c1. The first kappa shape index (κ1) is 15.4. The van der Waals surface area contributed by atoms with E-state index < -0.39 is 11.9 Å². The van der Waals surface area contributed by atoms with Crippen LogP contribution in [0.1, 0.15) is 38.8 Å². The van der Waals surface area contributed by atoms with Crippen molar-refractivity contribution < 1.29 is 19.4 Å². The van der Waals surface area contributed by atoms with Gasteiger partial charge in [-0.15, -0.1) is 0 Å². The molecule has 2 rings (SSSR count). The van der Waals surface area contributed by atoms with Gasteiger partial charge < -0.3 is 15.2 Å². The topological polar surface area (TPSA) is 75.6 Å². The molecular weight excluding hydrogens is 270 g/mol. The smallest absolute Gasteiger partial charge is 0.307 e. The molecule has 2 N–H and O–H groups in total. The van der Waals surface area contributed by atoms with Gasteiger partial charge in [0.05, 0.1) is 24.0 Å². The van der Waals surface area contributed by atoms with Crippen molar-refractivity contribution in [2.75, 3.05) is 0 Å². The minimum absolute atomic E-state index is 0.0907. The van der Waals surface area contributed by atoms with Crippen LogP contribution in [-0.2, 0) is 9.59 Å². The van der Waals surface area contributed by atoms with Crippen LogP contribution in [-0.4, -0.2) is 23.1 Å². The van der Waals surface area contributed by atoms with Crippen LogP contribution in [0.3, 0.4) is 0 Å². The van der Waals surface area contributed by atoms with Gasteiger partial charge >= 0.3 is 5.97 Å². The van der Waals surface area contributed by atoms with Gasteiger partial charge in [0.25, 0.3) is 0 Å². The molecule has 5 nitrogen and oxygen atoms in total. The van der Waals surface area contributed by atoms with Crippen LogP contribution in [0.15, 0.2) is 24.3 Å². The molecule has 1 aromatic carbocycles. The molecule has 1 aromatic rings. The van der Waals surface area contributed by atoms with E-state index in [1.54, 1.807) is 0 Å². The van der Waals surface area contributed by atoms with E-state index in [0.717, 1.165) is 11.3 Å². The number of benzene rings is 1. The minimum atomic E-state index is -0.893. The number of carbonyl (C=O) groups excluding carboxylic acids is 1. The highest BCUT2D eigenvalue weighted by molar-refractivity contribution is 5.89. The summed E-state index contributed by atoms with van der Waals surface area (Å²) in [7, 11) is 0. The van der Waals surface area contributed by atoms with Crippen LogP contribution in [0.4, 0.5) is 0 Å². The summed E-state index contributed by atoms with van der Waals surface area (Å²) in [5.41, 5.74) is 0.939. The molecule has 1 aliphatic rings. The fraction of sp³-hybridized carbons (Fsp3) is 0.500. The number of nitrogens with one attached hydrogen (secondary N) is 1. The van der Waals surface area contributed by atoms with Crippen LogP contribution in [0.5, 0.6) is 5.75 Å². The van der Waals surface area contributed by atoms with E-state index in [9.17, 15) is 9.59 Å². The van der Waals surface area contributed by atoms with Crippen molar-refractivity contribution in [3.05, 3.63) is 29.8 Å². The molecule has 1 amide bonds. The zero-order valence-electron chi connectivity index (χ0n) is 12.5. The average molecular weight is 291 g/mol. The lowest BCUT2D eigenvalue weighted by atomic mass is 10.1. The van der Waals surface area contributed by atoms with Gasteiger partial charge in [0.15, 0.2) is 0 Å². The van der Waals surface area contributed by atoms with E-state index in [1.165, 1.54) is 0 Å². The summed E-state index contributed by atoms with van der Waals surface area (Å²) in [6.45, 7) is 5.79. The number of carbonyl (C=O) groups is 2. The molecule has 0 radical (unpaired) electrons. The summed E-state index contributed by atoms with van der Waals surface area (Å²) in [4.78, 5) is 22.7. The largest absolute Gasteiger partial charge is 0.491 e. The summed E-state index contributed by atoms with van der Waals surface area (Å²) in [6.07, 6.45) is 0.526. The molecule has 1 saturated carbocycles. The number of hydrogen-bond donors (Lipinski definition) is 2. The second kappa shape index (κ2) is 6.16. The molecule has 0 bridgehead atoms. The summed E-state index contributed by atoms with van der Waals surface area (Å²) >= 11 is 0. The maximum Gasteiger partial charge on any atom is 0.307 e. The Hall–Kier alpha value is -2.04. The van der Waals surface area contributed by atoms with Crippen LogP contribution in [0.25, 0.3) is 0 Å². The van der Waals surface area contributed by atoms with E-state index >= 15 is 0 Å². The highest BCUT2D eigenvalue weighted by atomic mass is 16.5. The first-order valence-corrected chi connectivity index (χ1v) is 7.18. The van der Waals surface area contributed by atoms with Gasteiger partial charge in [-0.05, 0) is 44.9 Å². The fourth-order valence-electron chi connectivity index (χ4n) is 2.29. The molecule has 1 aliphatic carbocycles. The molecule has 1 fully saturated rings. The highest BCUT2D eigenvalue weighted by Crippen LogP contribution is 2.39. The second-order valence-corrected chi connectivity index (χ2v) is 5.76. The van der Waals surface area contributed by atoms with E-state index in [1.807, 2.05) is 45.0 Å². The standard InChI is InChI=1S/C16H21NO4/c1-9(2)21-12-6-4-5-11(7-12)10(3)17-15(18)13-8-14(13)16(19)20/h4-7,9-10,13-14H,8H2,1-3H3,(H,17,18)(H,19,20)/t10-,13+,14-/m0/s1. The summed E-state index contributed by atoms with van der Waals surface area (Å²) < 4.78 is 5.63. The third-order valence-corrected chi connectivity index (χ3v) is 3.53. The van der Waals surface area contributed by atoms with Crippen molar-refractivity contribution in [1.82, 2.24) is 5.32 Å². The second-order valence-electron chi connectivity index (χ2n) is 5.76. The van der Waals surface area contributed by atoms with E-state index in [4.69, 9.17) is 9.84 Å².